The minimum absolute atomic E-state index is 0.214. The molecule has 0 radical (unpaired) electrons. The van der Waals surface area contributed by atoms with E-state index in [2.05, 4.69) is 10.3 Å². The largest absolute Gasteiger partial charge is 0.383 e. The summed E-state index contributed by atoms with van der Waals surface area (Å²) in [4.78, 5) is 16.2. The first-order valence-electron chi connectivity index (χ1n) is 8.96. The summed E-state index contributed by atoms with van der Waals surface area (Å²) < 4.78 is 20.5. The van der Waals surface area contributed by atoms with E-state index in [1.54, 1.807) is 6.66 Å². The Hall–Kier alpha value is -2.54. The van der Waals surface area contributed by atoms with Gasteiger partial charge < -0.3 is 25.8 Å². The summed E-state index contributed by atoms with van der Waals surface area (Å²) in [5.74, 6) is -0.0828. The predicted octanol–water partition coefficient (Wildman–Crippen LogP) is 1.46. The van der Waals surface area contributed by atoms with Crippen LogP contribution in [0.1, 0.15) is 21.5 Å². The average molecular weight is 401 g/mol. The minimum Gasteiger partial charge on any atom is -0.383 e. The molecule has 1 atom stereocenters. The predicted molar refractivity (Wildman–Crippen MR) is 110 cm³/mol. The van der Waals surface area contributed by atoms with Crippen molar-refractivity contribution in [2.75, 3.05) is 38.7 Å². The van der Waals surface area contributed by atoms with Gasteiger partial charge in [0.25, 0.3) is 5.91 Å². The number of nitrogens with one attached hydrogen (secondary N) is 2. The van der Waals surface area contributed by atoms with Crippen LogP contribution in [0.5, 0.6) is 0 Å². The van der Waals surface area contributed by atoms with Crippen molar-refractivity contribution >= 4 is 30.5 Å². The van der Waals surface area contributed by atoms with Crippen LogP contribution < -0.4 is 16.4 Å². The van der Waals surface area contributed by atoms with Gasteiger partial charge in [0.15, 0.2) is 7.29 Å². The van der Waals surface area contributed by atoms with Crippen LogP contribution in [-0.4, -0.2) is 54.7 Å². The van der Waals surface area contributed by atoms with E-state index in [0.717, 1.165) is 17.1 Å². The van der Waals surface area contributed by atoms with Gasteiger partial charge >= 0.3 is 0 Å². The molecule has 1 aliphatic rings. The highest BCUT2D eigenvalue weighted by atomic mass is 31.2. The Morgan fingerprint density at radius 3 is 2.68 bits per heavy atom. The Labute approximate surface area is 164 Å². The molecule has 3 rings (SSSR count). The number of morpholine rings is 1. The lowest BCUT2D eigenvalue weighted by molar-refractivity contribution is 0.0729. The lowest BCUT2D eigenvalue weighted by Gasteiger charge is -2.32. The maximum atomic E-state index is 13.2. The van der Waals surface area contributed by atoms with E-state index in [0.29, 0.717) is 44.0 Å². The molecule has 1 unspecified atom stereocenters. The average Bonchev–Trinajstić information content (AvgIpc) is 2.73. The number of nitrogens with two attached hydrogens (primary N) is 1. The quantitative estimate of drug-likeness (QED) is 0.498. The second-order valence-corrected chi connectivity index (χ2v) is 9.48. The Kier molecular flexibility index (Phi) is 6.24. The Bertz CT molecular complexity index is 910. The molecule has 8 nitrogen and oxygen atoms in total. The number of hydrogen-bond acceptors (Lipinski definition) is 6. The molecule has 1 aliphatic heterocycles. The molecule has 28 heavy (non-hydrogen) atoms. The normalized spacial score (nSPS) is 16.9. The fourth-order valence-corrected chi connectivity index (χ4v) is 4.96. The number of carbonyl (C=O) groups is 1. The van der Waals surface area contributed by atoms with Gasteiger partial charge in [-0.05, 0) is 23.8 Å². The summed E-state index contributed by atoms with van der Waals surface area (Å²) in [5, 5.41) is 10.9. The van der Waals surface area contributed by atoms with Crippen molar-refractivity contribution in [3.8, 4) is 0 Å². The standard InChI is InChI=1S/C19H24N5O3P/c1-28(26,24-6-8-27-9-7-24)17-4-2-14(3-5-17)12-23-19(25)16-10-15(11-20)18(21)22-13-16/h2-5,10-11,13,20H,6-9,12H2,1H3,(H2,21,22)(H,23,25). The molecule has 1 fully saturated rings. The number of anilines is 1. The SMILES string of the molecule is CP(=O)(c1ccc(CNC(=O)c2cnc(N)c(C=N)c2)cc1)N1CCOCC1. The third-order valence-corrected chi connectivity index (χ3v) is 7.50. The van der Waals surface area contributed by atoms with Gasteiger partial charge in [-0.25, -0.2) is 9.65 Å². The van der Waals surface area contributed by atoms with Crippen molar-refractivity contribution in [2.24, 2.45) is 0 Å². The highest BCUT2D eigenvalue weighted by Gasteiger charge is 2.28. The zero-order valence-electron chi connectivity index (χ0n) is 15.7. The summed E-state index contributed by atoms with van der Waals surface area (Å²) in [5.41, 5.74) is 7.28. The highest BCUT2D eigenvalue weighted by Crippen LogP contribution is 2.44. The topological polar surface area (TPSA) is 121 Å². The van der Waals surface area contributed by atoms with Crippen LogP contribution in [0.3, 0.4) is 0 Å². The van der Waals surface area contributed by atoms with E-state index >= 15 is 0 Å². The first-order chi connectivity index (χ1) is 13.4. The number of pyridine rings is 1. The molecule has 1 saturated heterocycles. The van der Waals surface area contributed by atoms with E-state index in [4.69, 9.17) is 15.9 Å². The zero-order valence-corrected chi connectivity index (χ0v) is 16.6. The second-order valence-electron chi connectivity index (χ2n) is 6.64. The number of rotatable bonds is 6. The number of aromatic nitrogens is 1. The van der Waals surface area contributed by atoms with Gasteiger partial charge in [-0.3, -0.25) is 4.79 Å². The molecule has 0 aliphatic carbocycles. The first-order valence-corrected chi connectivity index (χ1v) is 11.1. The Morgan fingerprint density at radius 1 is 1.36 bits per heavy atom. The van der Waals surface area contributed by atoms with Gasteiger partial charge in [-0.15, -0.1) is 0 Å². The summed E-state index contributed by atoms with van der Waals surface area (Å²) in [7, 11) is -2.62. The van der Waals surface area contributed by atoms with E-state index in [9.17, 15) is 9.36 Å². The number of hydrogen-bond donors (Lipinski definition) is 3. The van der Waals surface area contributed by atoms with E-state index in [-0.39, 0.29) is 11.7 Å². The summed E-state index contributed by atoms with van der Waals surface area (Å²) in [6.45, 7) is 4.64. The number of nitrogens with zero attached hydrogens (tertiary/aromatic N) is 2. The molecule has 2 aromatic rings. The van der Waals surface area contributed by atoms with Gasteiger partial charge in [-0.1, -0.05) is 12.1 Å². The Balaban J connectivity index is 1.63. The third-order valence-electron chi connectivity index (χ3n) is 4.76. The molecule has 1 aromatic carbocycles. The third kappa shape index (κ3) is 4.47. The zero-order chi connectivity index (χ0) is 20.1. The summed E-state index contributed by atoms with van der Waals surface area (Å²) in [6.07, 6.45) is 2.45. The number of amides is 1. The number of carbonyl (C=O) groups excluding carboxylic acids is 1. The van der Waals surface area contributed by atoms with Crippen LogP contribution in [0.15, 0.2) is 36.5 Å². The van der Waals surface area contributed by atoms with Crippen molar-refractivity contribution in [3.05, 3.63) is 53.2 Å². The van der Waals surface area contributed by atoms with Crippen LogP contribution in [0.25, 0.3) is 0 Å². The van der Waals surface area contributed by atoms with Crippen molar-refractivity contribution in [2.45, 2.75) is 6.54 Å². The number of ether oxygens (including phenoxy) is 1. The van der Waals surface area contributed by atoms with Crippen LogP contribution >= 0.6 is 7.29 Å². The molecular formula is C19H24N5O3P. The van der Waals surface area contributed by atoms with Crippen molar-refractivity contribution in [1.82, 2.24) is 15.0 Å². The lowest BCUT2D eigenvalue weighted by atomic mass is 10.1. The molecule has 2 heterocycles. The van der Waals surface area contributed by atoms with Gasteiger partial charge in [0.1, 0.15) is 5.82 Å². The fraction of sp³-hybridized carbons (Fsp3) is 0.316. The van der Waals surface area contributed by atoms with E-state index in [1.807, 2.05) is 28.9 Å². The molecular weight excluding hydrogens is 377 g/mol. The number of nitrogen functional groups attached to an aromatic ring is 1. The van der Waals surface area contributed by atoms with Crippen molar-refractivity contribution in [1.29, 1.82) is 5.41 Å². The van der Waals surface area contributed by atoms with Crippen molar-refractivity contribution < 1.29 is 14.1 Å². The Morgan fingerprint density at radius 2 is 2.04 bits per heavy atom. The fourth-order valence-electron chi connectivity index (χ4n) is 3.01. The van der Waals surface area contributed by atoms with E-state index in [1.165, 1.54) is 12.3 Å². The molecule has 9 heteroatoms. The van der Waals surface area contributed by atoms with Gasteiger partial charge in [0.05, 0.1) is 18.8 Å². The van der Waals surface area contributed by atoms with E-state index < -0.39 is 7.29 Å². The van der Waals surface area contributed by atoms with Crippen LogP contribution in [0.2, 0.25) is 0 Å². The summed E-state index contributed by atoms with van der Waals surface area (Å²) >= 11 is 0. The smallest absolute Gasteiger partial charge is 0.253 e. The lowest BCUT2D eigenvalue weighted by Crippen LogP contribution is -2.36. The van der Waals surface area contributed by atoms with Crippen molar-refractivity contribution in [3.63, 3.8) is 0 Å². The number of benzene rings is 1. The molecule has 0 spiro atoms. The summed E-state index contributed by atoms with van der Waals surface area (Å²) in [6, 6.07) is 8.99. The van der Waals surface area contributed by atoms with Crippen LogP contribution in [0.4, 0.5) is 5.82 Å². The molecule has 0 bridgehead atoms. The maximum Gasteiger partial charge on any atom is 0.253 e. The molecule has 1 amide bonds. The molecule has 0 saturated carbocycles. The molecule has 148 valence electrons. The van der Waals surface area contributed by atoms with Crippen LogP contribution in [0, 0.1) is 5.41 Å². The van der Waals surface area contributed by atoms with Crippen LogP contribution in [-0.2, 0) is 15.8 Å². The minimum atomic E-state index is -2.62. The van der Waals surface area contributed by atoms with Gasteiger partial charge in [0.2, 0.25) is 0 Å². The monoisotopic (exact) mass is 401 g/mol. The first kappa shape index (κ1) is 20.2. The van der Waals surface area contributed by atoms with Gasteiger partial charge in [-0.2, -0.15) is 0 Å². The highest BCUT2D eigenvalue weighted by molar-refractivity contribution is 7.68. The molecule has 1 aromatic heterocycles. The molecule has 4 N–H and O–H groups in total. The second kappa shape index (κ2) is 8.65. The maximum absolute atomic E-state index is 13.2. The van der Waals surface area contributed by atoms with Gasteiger partial charge in [0, 0.05) is 49.6 Å².